The van der Waals surface area contributed by atoms with Crippen LogP contribution in [0.3, 0.4) is 0 Å². The lowest BCUT2D eigenvalue weighted by atomic mass is 9.90. The van der Waals surface area contributed by atoms with E-state index in [0.717, 1.165) is 11.1 Å². The van der Waals surface area contributed by atoms with Crippen LogP contribution in [0.1, 0.15) is 29.5 Å². The third-order valence-electron chi connectivity index (χ3n) is 4.11. The van der Waals surface area contributed by atoms with Crippen LogP contribution in [0, 0.1) is 6.92 Å². The van der Waals surface area contributed by atoms with Gasteiger partial charge in [-0.3, -0.25) is 0 Å². The van der Waals surface area contributed by atoms with Crippen molar-refractivity contribution in [3.8, 4) is 0 Å². The van der Waals surface area contributed by atoms with Gasteiger partial charge in [0.1, 0.15) is 0 Å². The highest BCUT2D eigenvalue weighted by molar-refractivity contribution is 8.04. The van der Waals surface area contributed by atoms with Gasteiger partial charge in [0.25, 0.3) is 0 Å². The number of aryl methyl sites for hydroxylation is 1. The maximum Gasteiger partial charge on any atom is 0.446 e. The maximum atomic E-state index is 13.3. The third kappa shape index (κ3) is 4.48. The molecule has 1 aliphatic carbocycles. The highest BCUT2D eigenvalue weighted by atomic mass is 35.5. The molecule has 0 aromatic heterocycles. The Kier molecular flexibility index (Phi) is 5.75. The van der Waals surface area contributed by atoms with E-state index in [0.29, 0.717) is 39.6 Å². The largest absolute Gasteiger partial charge is 0.446 e. The van der Waals surface area contributed by atoms with E-state index in [2.05, 4.69) is 0 Å². The molecule has 2 aromatic rings. The summed E-state index contributed by atoms with van der Waals surface area (Å²) in [5.74, 6) is 0. The fraction of sp³-hybridized carbons (Fsp3) is 0.200. The van der Waals surface area contributed by atoms with Gasteiger partial charge in [-0.1, -0.05) is 65.2 Å². The number of hydrogen-bond donors (Lipinski definition) is 0. The van der Waals surface area contributed by atoms with Crippen LogP contribution in [0.5, 0.6) is 0 Å². The lowest BCUT2D eigenvalue weighted by Crippen LogP contribution is -2.06. The molecule has 136 valence electrons. The summed E-state index contributed by atoms with van der Waals surface area (Å²) < 4.78 is 39.8. The van der Waals surface area contributed by atoms with Crippen LogP contribution in [-0.2, 0) is 0 Å². The first-order valence-electron chi connectivity index (χ1n) is 7.96. The summed E-state index contributed by atoms with van der Waals surface area (Å²) >= 11 is 12.0. The van der Waals surface area contributed by atoms with E-state index in [1.807, 2.05) is 37.3 Å². The number of halogens is 5. The minimum atomic E-state index is -4.38. The number of alkyl halides is 3. The van der Waals surface area contributed by atoms with E-state index in [9.17, 15) is 13.2 Å². The van der Waals surface area contributed by atoms with Crippen LogP contribution < -0.4 is 0 Å². The average Bonchev–Trinajstić information content (AvgIpc) is 2.57. The van der Waals surface area contributed by atoms with Crippen molar-refractivity contribution in [1.29, 1.82) is 0 Å². The monoisotopic (exact) mass is 414 g/mol. The fourth-order valence-electron chi connectivity index (χ4n) is 2.90. The molecule has 0 nitrogen and oxygen atoms in total. The average molecular weight is 415 g/mol. The van der Waals surface area contributed by atoms with Crippen LogP contribution in [0.15, 0.2) is 53.4 Å². The van der Waals surface area contributed by atoms with Crippen molar-refractivity contribution in [1.82, 2.24) is 0 Å². The van der Waals surface area contributed by atoms with Gasteiger partial charge < -0.3 is 0 Å². The van der Waals surface area contributed by atoms with Gasteiger partial charge in [0.2, 0.25) is 0 Å². The predicted molar refractivity (Wildman–Crippen MR) is 105 cm³/mol. The zero-order valence-corrected chi connectivity index (χ0v) is 16.2. The Morgan fingerprint density at radius 3 is 2.19 bits per heavy atom. The molecule has 0 N–H and O–H groups in total. The molecular weight excluding hydrogens is 400 g/mol. The van der Waals surface area contributed by atoms with Crippen molar-refractivity contribution >= 4 is 46.1 Å². The lowest BCUT2D eigenvalue weighted by molar-refractivity contribution is -0.0321. The topological polar surface area (TPSA) is 0 Å². The smallest absolute Gasteiger partial charge is 0.160 e. The summed E-state index contributed by atoms with van der Waals surface area (Å²) in [5, 5.41) is 0.714. The Morgan fingerprint density at radius 2 is 1.58 bits per heavy atom. The number of hydrogen-bond acceptors (Lipinski definition) is 1. The molecule has 0 fully saturated rings. The molecule has 0 bridgehead atoms. The van der Waals surface area contributed by atoms with E-state index in [-0.39, 0.29) is 16.7 Å². The second kappa shape index (κ2) is 7.71. The van der Waals surface area contributed by atoms with Crippen molar-refractivity contribution in [2.45, 2.75) is 25.3 Å². The minimum absolute atomic E-state index is 0.0669. The first kappa shape index (κ1) is 19.4. The number of allylic oxidation sites excluding steroid dienone is 3. The van der Waals surface area contributed by atoms with Crippen LogP contribution in [0.25, 0.3) is 11.1 Å². The first-order chi connectivity index (χ1) is 12.2. The Labute approximate surface area is 164 Å². The van der Waals surface area contributed by atoms with Crippen LogP contribution in [0.4, 0.5) is 13.2 Å². The van der Waals surface area contributed by atoms with E-state index < -0.39 is 5.51 Å². The summed E-state index contributed by atoms with van der Waals surface area (Å²) in [7, 11) is 0. The lowest BCUT2D eigenvalue weighted by Gasteiger charge is -2.23. The highest BCUT2D eigenvalue weighted by Gasteiger charge is 2.34. The molecule has 1 aliphatic rings. The Morgan fingerprint density at radius 1 is 0.923 bits per heavy atom. The highest BCUT2D eigenvalue weighted by Crippen LogP contribution is 2.49. The van der Waals surface area contributed by atoms with E-state index in [4.69, 9.17) is 23.2 Å². The molecule has 0 unspecified atom stereocenters. The molecular formula is C20H15Cl2F3S. The van der Waals surface area contributed by atoms with E-state index in [1.54, 1.807) is 18.2 Å². The molecule has 0 saturated heterocycles. The van der Waals surface area contributed by atoms with Gasteiger partial charge in [0.05, 0.1) is 10.0 Å². The van der Waals surface area contributed by atoms with Gasteiger partial charge >= 0.3 is 5.51 Å². The molecule has 0 amide bonds. The third-order valence-corrected chi connectivity index (χ3v) is 5.75. The maximum absolute atomic E-state index is 13.3. The molecule has 0 saturated carbocycles. The summed E-state index contributed by atoms with van der Waals surface area (Å²) in [6.45, 7) is 1.95. The molecule has 0 aliphatic heterocycles. The van der Waals surface area contributed by atoms with Crippen molar-refractivity contribution < 1.29 is 13.2 Å². The first-order valence-corrected chi connectivity index (χ1v) is 9.54. The summed E-state index contributed by atoms with van der Waals surface area (Å²) in [5.41, 5.74) is -0.617. The van der Waals surface area contributed by atoms with Crippen molar-refractivity contribution in [2.75, 3.05) is 0 Å². The van der Waals surface area contributed by atoms with Gasteiger partial charge in [-0.15, -0.1) is 0 Å². The molecule has 0 spiro atoms. The second-order valence-corrected chi connectivity index (χ2v) is 7.90. The van der Waals surface area contributed by atoms with Gasteiger partial charge in [0, 0.05) is 4.91 Å². The summed E-state index contributed by atoms with van der Waals surface area (Å²) in [6, 6.07) is 12.5. The molecule has 0 atom stereocenters. The Hall–Kier alpha value is -1.36. The van der Waals surface area contributed by atoms with Gasteiger partial charge in [-0.2, -0.15) is 13.2 Å². The van der Waals surface area contributed by atoms with E-state index >= 15 is 0 Å². The number of rotatable bonds is 3. The molecule has 3 rings (SSSR count). The molecule has 0 radical (unpaired) electrons. The van der Waals surface area contributed by atoms with Gasteiger partial charge in [-0.25, -0.2) is 0 Å². The second-order valence-electron chi connectivity index (χ2n) is 6.01. The summed E-state index contributed by atoms with van der Waals surface area (Å²) in [6.07, 6.45) is 3.06. The van der Waals surface area contributed by atoms with Crippen molar-refractivity contribution in [3.05, 3.63) is 80.2 Å². The fourth-order valence-corrected chi connectivity index (χ4v) is 4.09. The zero-order valence-electron chi connectivity index (χ0n) is 13.8. The van der Waals surface area contributed by atoms with Crippen LogP contribution in [-0.4, -0.2) is 5.51 Å². The predicted octanol–water partition coefficient (Wildman–Crippen LogP) is 8.14. The Balaban J connectivity index is 2.14. The number of thioether (sulfide) groups is 1. The van der Waals surface area contributed by atoms with Crippen molar-refractivity contribution in [3.63, 3.8) is 0 Å². The van der Waals surface area contributed by atoms with Crippen LogP contribution >= 0.6 is 35.0 Å². The minimum Gasteiger partial charge on any atom is -0.160 e. The van der Waals surface area contributed by atoms with Crippen LogP contribution in [0.2, 0.25) is 10.0 Å². The molecule has 2 aromatic carbocycles. The molecule has 26 heavy (non-hydrogen) atoms. The Bertz CT molecular complexity index is 881. The zero-order chi connectivity index (χ0) is 18.9. The normalized spacial score (nSPS) is 15.2. The van der Waals surface area contributed by atoms with E-state index in [1.165, 1.54) is 0 Å². The standard InChI is InChI=1S/C20H15Cl2F3S/c1-12-5-7-13(8-6-12)15-3-2-4-16(19(15)26-20(23,24)25)14-9-10-17(21)18(22)11-14/h3,5-11H,2,4H2,1H3. The molecule has 6 heteroatoms. The van der Waals surface area contributed by atoms with Crippen molar-refractivity contribution in [2.24, 2.45) is 0 Å². The SMILES string of the molecule is Cc1ccc(C2=CCCC(c3ccc(Cl)c(Cl)c3)=C2SC(F)(F)F)cc1. The van der Waals surface area contributed by atoms with Gasteiger partial charge in [-0.05, 0) is 65.9 Å². The quantitative estimate of drug-likeness (QED) is 0.488. The number of benzene rings is 2. The van der Waals surface area contributed by atoms with Gasteiger partial charge in [0.15, 0.2) is 0 Å². The molecule has 0 heterocycles. The summed E-state index contributed by atoms with van der Waals surface area (Å²) in [4.78, 5) is 0.228.